The van der Waals surface area contributed by atoms with Gasteiger partial charge in [-0.3, -0.25) is 14.4 Å². The van der Waals surface area contributed by atoms with E-state index in [4.69, 9.17) is 5.73 Å². The van der Waals surface area contributed by atoms with E-state index in [1.165, 1.54) is 20.3 Å². The van der Waals surface area contributed by atoms with Gasteiger partial charge in [0.1, 0.15) is 5.78 Å². The monoisotopic (exact) mass is 476 g/mol. The van der Waals surface area contributed by atoms with Crippen LogP contribution in [0.15, 0.2) is 0 Å². The Bertz CT molecular complexity index is 511. The minimum Gasteiger partial charge on any atom is -0.352 e. The molecule has 0 aliphatic heterocycles. The highest BCUT2D eigenvalue weighted by atomic mass is 16.2. The molecule has 0 aliphatic rings. The zero-order valence-electron chi connectivity index (χ0n) is 21.6. The van der Waals surface area contributed by atoms with Crippen LogP contribution in [0.1, 0.15) is 108 Å². The highest BCUT2D eigenvalue weighted by Crippen LogP contribution is 2.00. The molecule has 5 N–H and O–H groups in total. The van der Waals surface area contributed by atoms with Gasteiger partial charge in [-0.05, 0) is 39.5 Å². The molecular weight excluding hydrogens is 424 g/mol. The minimum atomic E-state index is -0.672. The van der Waals surface area contributed by atoms with Crippen molar-refractivity contribution in [2.75, 3.05) is 13.1 Å². The summed E-state index contributed by atoms with van der Waals surface area (Å²) in [5.41, 5.74) is 4.93. The third-order valence-corrected chi connectivity index (χ3v) is 3.42. The second-order valence-electron chi connectivity index (χ2n) is 6.56. The molecule has 0 saturated carbocycles. The number of nitrogens with two attached hydrogens (primary N) is 1. The number of amides is 4. The number of urea groups is 1. The average Bonchev–Trinajstić information content (AvgIpc) is 2.75. The molecule has 4 amide bonds. The first-order valence-electron chi connectivity index (χ1n) is 11.7. The minimum absolute atomic E-state index is 0. The number of ketones is 2. The van der Waals surface area contributed by atoms with Crippen LogP contribution in [0.3, 0.4) is 0 Å². The highest BCUT2D eigenvalue weighted by Gasteiger charge is 2.17. The van der Waals surface area contributed by atoms with Gasteiger partial charge in [-0.15, -0.1) is 0 Å². The van der Waals surface area contributed by atoms with E-state index in [2.05, 4.69) is 29.8 Å². The Morgan fingerprint density at radius 1 is 0.788 bits per heavy atom. The first kappa shape index (κ1) is 40.9. The highest BCUT2D eigenvalue weighted by molar-refractivity contribution is 5.90. The van der Waals surface area contributed by atoms with Gasteiger partial charge in [-0.1, -0.05) is 55.4 Å². The van der Waals surface area contributed by atoms with Gasteiger partial charge in [-0.2, -0.15) is 0 Å². The summed E-state index contributed by atoms with van der Waals surface area (Å²) in [5, 5.41) is 7.43. The van der Waals surface area contributed by atoms with E-state index in [0.29, 0.717) is 38.6 Å². The first-order valence-corrected chi connectivity index (χ1v) is 11.7. The van der Waals surface area contributed by atoms with Crippen LogP contribution in [0, 0.1) is 0 Å². The van der Waals surface area contributed by atoms with E-state index in [-0.39, 0.29) is 37.9 Å². The molecule has 0 saturated heterocycles. The van der Waals surface area contributed by atoms with Gasteiger partial charge in [0.25, 0.3) is 0 Å². The van der Waals surface area contributed by atoms with E-state index in [1.54, 1.807) is 0 Å². The molecule has 9 nitrogen and oxygen atoms in total. The smallest absolute Gasteiger partial charge is 0.312 e. The molecule has 1 unspecified atom stereocenters. The number of hydrogen-bond acceptors (Lipinski definition) is 5. The lowest BCUT2D eigenvalue weighted by molar-refractivity contribution is -0.128. The predicted octanol–water partition coefficient (Wildman–Crippen LogP) is 3.88. The van der Waals surface area contributed by atoms with Crippen molar-refractivity contribution in [3.05, 3.63) is 0 Å². The molecule has 0 fully saturated rings. The summed E-state index contributed by atoms with van der Waals surface area (Å²) in [4.78, 5) is 56.3. The lowest BCUT2D eigenvalue weighted by Gasteiger charge is -2.16. The molecule has 0 radical (unpaired) electrons. The molecule has 33 heavy (non-hydrogen) atoms. The topological polar surface area (TPSA) is 147 Å². The number of hydrogen-bond donors (Lipinski definition) is 4. The molecule has 0 heterocycles. The zero-order chi connectivity index (χ0) is 25.9. The molecule has 0 aliphatic carbocycles. The molecule has 0 aromatic carbocycles. The number of primary amides is 1. The van der Waals surface area contributed by atoms with E-state index in [0.717, 1.165) is 0 Å². The van der Waals surface area contributed by atoms with Crippen molar-refractivity contribution in [2.45, 2.75) is 114 Å². The number of carbonyl (C=O) groups is 5. The number of Topliss-reactive ketones (excluding diaryl/α,β-unsaturated/α-hetero) is 2. The predicted molar refractivity (Wildman–Crippen MR) is 137 cm³/mol. The largest absolute Gasteiger partial charge is 0.352 e. The van der Waals surface area contributed by atoms with E-state index < -0.39 is 18.0 Å². The van der Waals surface area contributed by atoms with Crippen LogP contribution in [0.2, 0.25) is 0 Å². The van der Waals surface area contributed by atoms with Gasteiger partial charge in [0.2, 0.25) is 11.8 Å². The fourth-order valence-corrected chi connectivity index (χ4v) is 2.07. The van der Waals surface area contributed by atoms with Crippen LogP contribution in [0.25, 0.3) is 0 Å². The van der Waals surface area contributed by atoms with Gasteiger partial charge >= 0.3 is 6.03 Å². The molecule has 0 bridgehead atoms. The number of rotatable bonds is 13. The van der Waals surface area contributed by atoms with Crippen molar-refractivity contribution >= 4 is 29.4 Å². The van der Waals surface area contributed by atoms with Crippen molar-refractivity contribution in [1.82, 2.24) is 16.0 Å². The van der Waals surface area contributed by atoms with Gasteiger partial charge in [0.15, 0.2) is 5.78 Å². The molecule has 1 atom stereocenters. The average molecular weight is 477 g/mol. The van der Waals surface area contributed by atoms with Gasteiger partial charge in [-0.25, -0.2) is 4.79 Å². The van der Waals surface area contributed by atoms with Crippen molar-refractivity contribution < 1.29 is 24.0 Å². The molecule has 198 valence electrons. The summed E-state index contributed by atoms with van der Waals surface area (Å²) >= 11 is 0. The van der Waals surface area contributed by atoms with Crippen LogP contribution in [-0.2, 0) is 19.2 Å². The standard InChI is InChI=1S/C16H28N4O5.C3H8.2C2H6.CH4/c1-11(21)6-3-4-8-14(23)19-10-15(24)20-13(12(2)22)7-5-9-18-16(17)25;1-3-2;2*1-2;/h13H,3-10H2,1-2H3,(H,19,23)(H,20,24)(H3,17,18,25);3H2,1-2H3;2*1-2H3;1H4. The maximum atomic E-state index is 11.8. The molecular formula is C24H52N4O5. The van der Waals surface area contributed by atoms with Gasteiger partial charge in [0.05, 0.1) is 12.6 Å². The number of carbonyl (C=O) groups excluding carboxylic acids is 5. The fourth-order valence-electron chi connectivity index (χ4n) is 2.07. The first-order chi connectivity index (χ1) is 15.1. The maximum Gasteiger partial charge on any atom is 0.312 e. The van der Waals surface area contributed by atoms with Crippen LogP contribution in [0.4, 0.5) is 4.79 Å². The summed E-state index contributed by atoms with van der Waals surface area (Å²) < 4.78 is 0. The summed E-state index contributed by atoms with van der Waals surface area (Å²) in [6, 6.07) is -1.32. The Kier molecular flexibility index (Phi) is 39.3. The Hall–Kier alpha value is -2.45. The number of nitrogens with one attached hydrogen (secondary N) is 3. The van der Waals surface area contributed by atoms with Crippen molar-refractivity contribution in [2.24, 2.45) is 5.73 Å². The van der Waals surface area contributed by atoms with E-state index in [1.807, 2.05) is 27.7 Å². The second kappa shape index (κ2) is 31.7. The second-order valence-corrected chi connectivity index (χ2v) is 6.56. The van der Waals surface area contributed by atoms with Gasteiger partial charge in [0, 0.05) is 19.4 Å². The quantitative estimate of drug-likeness (QED) is 0.298. The Morgan fingerprint density at radius 2 is 1.27 bits per heavy atom. The Morgan fingerprint density at radius 3 is 1.70 bits per heavy atom. The maximum absolute atomic E-state index is 11.8. The third-order valence-electron chi connectivity index (χ3n) is 3.42. The van der Waals surface area contributed by atoms with E-state index in [9.17, 15) is 24.0 Å². The van der Waals surface area contributed by atoms with Crippen LogP contribution >= 0.6 is 0 Å². The van der Waals surface area contributed by atoms with Gasteiger partial charge < -0.3 is 26.5 Å². The summed E-state index contributed by atoms with van der Waals surface area (Å²) in [5.74, 6) is -0.854. The zero-order valence-corrected chi connectivity index (χ0v) is 21.6. The lowest BCUT2D eigenvalue weighted by atomic mass is 10.1. The summed E-state index contributed by atoms with van der Waals surface area (Å²) in [6.07, 6.45) is 4.00. The number of unbranched alkanes of at least 4 members (excludes halogenated alkanes) is 1. The van der Waals surface area contributed by atoms with Crippen LogP contribution in [-0.4, -0.2) is 48.5 Å². The van der Waals surface area contributed by atoms with Crippen molar-refractivity contribution in [1.29, 1.82) is 0 Å². The summed E-state index contributed by atoms with van der Waals surface area (Å²) in [6.45, 7) is 15.2. The Labute approximate surface area is 202 Å². The van der Waals surface area contributed by atoms with Crippen LogP contribution < -0.4 is 21.7 Å². The Balaban J connectivity index is -0.000000292. The third kappa shape index (κ3) is 37.2. The molecule has 9 heteroatoms. The van der Waals surface area contributed by atoms with Crippen molar-refractivity contribution in [3.63, 3.8) is 0 Å². The molecule has 0 aromatic rings. The van der Waals surface area contributed by atoms with Crippen molar-refractivity contribution in [3.8, 4) is 0 Å². The molecule has 0 spiro atoms. The SMILES string of the molecule is C.CC.CC.CC(=O)CCCCC(=O)NCC(=O)NC(CCCNC(N)=O)C(C)=O.CCC. The molecule has 0 aromatic heterocycles. The normalized spacial score (nSPS) is 9.45. The molecule has 0 rings (SSSR count). The summed E-state index contributed by atoms with van der Waals surface area (Å²) in [7, 11) is 0. The lowest BCUT2D eigenvalue weighted by Crippen LogP contribution is -2.45. The van der Waals surface area contributed by atoms with E-state index >= 15 is 0 Å². The van der Waals surface area contributed by atoms with Crippen LogP contribution in [0.5, 0.6) is 0 Å². The fraction of sp³-hybridized carbons (Fsp3) is 0.792.